The number of thiocarbonyl (C=S) groups is 1. The molecule has 0 aliphatic carbocycles. The van der Waals surface area contributed by atoms with Crippen LogP contribution in [0.5, 0.6) is 17.2 Å². The largest absolute Gasteiger partial charge is 0.508 e. The van der Waals surface area contributed by atoms with Crippen LogP contribution in [0.25, 0.3) is 5.70 Å². The van der Waals surface area contributed by atoms with Gasteiger partial charge in [-0.3, -0.25) is 15.6 Å². The number of nitrogens with one attached hydrogen (secondary N) is 3. The molecule has 1 amide bonds. The number of piperidine rings is 1. The molecule has 0 bridgehead atoms. The van der Waals surface area contributed by atoms with Crippen molar-refractivity contribution >= 4 is 46.2 Å². The Kier molecular flexibility index (Phi) is 6.53. The summed E-state index contributed by atoms with van der Waals surface area (Å²) in [4.78, 5) is 13.6. The highest BCUT2D eigenvalue weighted by Crippen LogP contribution is 2.41. The van der Waals surface area contributed by atoms with E-state index in [1.807, 2.05) is 11.0 Å². The first-order valence-corrected chi connectivity index (χ1v) is 11.2. The maximum atomic E-state index is 11.7. The predicted octanol–water partition coefficient (Wildman–Crippen LogP) is 3.66. The van der Waals surface area contributed by atoms with Crippen molar-refractivity contribution in [2.24, 2.45) is 0 Å². The summed E-state index contributed by atoms with van der Waals surface area (Å²) in [5.41, 5.74) is 7.70. The van der Waals surface area contributed by atoms with E-state index in [0.29, 0.717) is 58.8 Å². The smallest absolute Gasteiger partial charge is 0.219 e. The molecule has 0 radical (unpaired) electrons. The van der Waals surface area contributed by atoms with Gasteiger partial charge in [-0.1, -0.05) is 11.6 Å². The number of halogens is 1. The van der Waals surface area contributed by atoms with Crippen LogP contribution in [0.15, 0.2) is 42.5 Å². The molecule has 33 heavy (non-hydrogen) atoms. The van der Waals surface area contributed by atoms with Crippen LogP contribution in [0.2, 0.25) is 5.02 Å². The Morgan fingerprint density at radius 2 is 2.00 bits per heavy atom. The second-order valence-electron chi connectivity index (χ2n) is 7.96. The highest BCUT2D eigenvalue weighted by molar-refractivity contribution is 7.80. The number of nitrogens with zero attached hydrogens (tertiary/aromatic N) is 1. The topological polar surface area (TPSA) is 95.1 Å². The van der Waals surface area contributed by atoms with Gasteiger partial charge in [-0.15, -0.1) is 0 Å². The fraction of sp³-hybridized carbons (Fsp3) is 0.304. The van der Waals surface area contributed by atoms with E-state index >= 15 is 0 Å². The number of aromatic hydroxyl groups is 1. The molecule has 1 fully saturated rings. The molecule has 8 nitrogen and oxygen atoms in total. The molecule has 4 N–H and O–H groups in total. The Morgan fingerprint density at radius 1 is 1.24 bits per heavy atom. The lowest BCUT2D eigenvalue weighted by atomic mass is 9.87. The van der Waals surface area contributed by atoms with Crippen LogP contribution in [0.4, 0.5) is 5.69 Å². The third-order valence-corrected chi connectivity index (χ3v) is 6.25. The fourth-order valence-electron chi connectivity index (χ4n) is 3.99. The number of carbonyl (C=O) groups excluding carboxylic acids is 1. The van der Waals surface area contributed by atoms with Crippen LogP contribution in [0, 0.1) is 0 Å². The predicted molar refractivity (Wildman–Crippen MR) is 131 cm³/mol. The van der Waals surface area contributed by atoms with Gasteiger partial charge in [0, 0.05) is 44.1 Å². The summed E-state index contributed by atoms with van der Waals surface area (Å²) in [5.74, 6) is 1.41. The summed E-state index contributed by atoms with van der Waals surface area (Å²) >= 11 is 11.6. The van der Waals surface area contributed by atoms with Gasteiger partial charge < -0.3 is 24.8 Å². The summed E-state index contributed by atoms with van der Waals surface area (Å²) < 4.78 is 11.5. The van der Waals surface area contributed by atoms with Crippen LogP contribution in [-0.2, 0) is 4.79 Å². The van der Waals surface area contributed by atoms with Crippen LogP contribution in [0.1, 0.15) is 25.3 Å². The van der Waals surface area contributed by atoms with Crippen LogP contribution >= 0.6 is 23.8 Å². The maximum Gasteiger partial charge on any atom is 0.219 e. The van der Waals surface area contributed by atoms with Gasteiger partial charge in [0.15, 0.2) is 5.11 Å². The second kappa shape index (κ2) is 9.36. The van der Waals surface area contributed by atoms with E-state index < -0.39 is 5.60 Å². The van der Waals surface area contributed by atoms with Crippen LogP contribution in [-0.4, -0.2) is 46.8 Å². The van der Waals surface area contributed by atoms with Crippen molar-refractivity contribution < 1.29 is 19.4 Å². The minimum absolute atomic E-state index is 0.0602. The molecule has 2 aliphatic heterocycles. The molecule has 2 heterocycles. The van der Waals surface area contributed by atoms with Gasteiger partial charge in [-0.25, -0.2) is 0 Å². The van der Waals surface area contributed by atoms with Crippen molar-refractivity contribution in [2.75, 3.05) is 25.5 Å². The van der Waals surface area contributed by atoms with Gasteiger partial charge in [0.2, 0.25) is 5.91 Å². The molecule has 1 saturated heterocycles. The maximum absolute atomic E-state index is 11.7. The molecular weight excluding hydrogens is 464 g/mol. The SMILES string of the molecule is COc1ccc(NC(=S)NNC2=CC3(CCN(C(C)=O)CC3)Oc3ccc(O)cc32)cc1Cl. The first-order valence-electron chi connectivity index (χ1n) is 10.5. The zero-order chi connectivity index (χ0) is 23.6. The first kappa shape index (κ1) is 23.0. The van der Waals surface area contributed by atoms with Gasteiger partial charge in [-0.2, -0.15) is 0 Å². The number of fused-ring (bicyclic) bond motifs is 1. The summed E-state index contributed by atoms with van der Waals surface area (Å²) in [6.07, 6.45) is 3.31. The highest BCUT2D eigenvalue weighted by Gasteiger charge is 2.39. The van der Waals surface area contributed by atoms with Gasteiger partial charge >= 0.3 is 0 Å². The fourth-order valence-corrected chi connectivity index (χ4v) is 4.41. The minimum Gasteiger partial charge on any atom is -0.508 e. The number of rotatable bonds is 4. The Morgan fingerprint density at radius 3 is 2.67 bits per heavy atom. The zero-order valence-corrected chi connectivity index (χ0v) is 19.8. The van der Waals surface area contributed by atoms with Crippen molar-refractivity contribution in [1.82, 2.24) is 15.8 Å². The standard InChI is InChI=1S/C23H25ClN4O4S/c1-14(29)28-9-7-23(8-10-28)13-19(17-12-16(30)4-6-20(17)32-23)26-27-22(33)25-15-3-5-21(31-2)18(24)11-15/h3-6,11-13,26,30H,7-10H2,1-2H3,(H2,25,27,33). The van der Waals surface area contributed by atoms with E-state index in [4.69, 9.17) is 33.3 Å². The number of phenols is 1. The van der Waals surface area contributed by atoms with Gasteiger partial charge in [0.1, 0.15) is 22.8 Å². The molecule has 2 aromatic carbocycles. The average Bonchev–Trinajstić information content (AvgIpc) is 2.78. The van der Waals surface area contributed by atoms with Crippen molar-refractivity contribution in [3.05, 3.63) is 53.1 Å². The van der Waals surface area contributed by atoms with Gasteiger partial charge in [-0.05, 0) is 54.7 Å². The average molecular weight is 489 g/mol. The number of benzene rings is 2. The number of hydrazine groups is 1. The third-order valence-electron chi connectivity index (χ3n) is 5.75. The molecular formula is C23H25ClN4O4S. The monoisotopic (exact) mass is 488 g/mol. The van der Waals surface area contributed by atoms with E-state index in [2.05, 4.69) is 16.2 Å². The van der Waals surface area contributed by atoms with Crippen molar-refractivity contribution in [3.63, 3.8) is 0 Å². The molecule has 2 aliphatic rings. The quantitative estimate of drug-likeness (QED) is 0.382. The summed E-state index contributed by atoms with van der Waals surface area (Å²) in [7, 11) is 1.55. The molecule has 4 rings (SSSR count). The number of hydrogen-bond donors (Lipinski definition) is 4. The molecule has 0 atom stereocenters. The van der Waals surface area contributed by atoms with E-state index in [1.54, 1.807) is 50.4 Å². The number of likely N-dealkylation sites (tertiary alicyclic amines) is 1. The third kappa shape index (κ3) is 5.09. The first-order chi connectivity index (χ1) is 15.8. The molecule has 10 heteroatoms. The number of phenolic OH excluding ortho intramolecular Hbond substituents is 1. The molecule has 0 aromatic heterocycles. The van der Waals surface area contributed by atoms with Crippen molar-refractivity contribution in [2.45, 2.75) is 25.4 Å². The number of ether oxygens (including phenoxy) is 2. The molecule has 174 valence electrons. The number of anilines is 1. The Balaban J connectivity index is 1.50. The van der Waals surface area contributed by atoms with E-state index in [0.717, 1.165) is 5.70 Å². The van der Waals surface area contributed by atoms with Gasteiger partial charge in [0.05, 0.1) is 17.8 Å². The lowest BCUT2D eigenvalue weighted by Gasteiger charge is -2.42. The number of hydrogen-bond acceptors (Lipinski definition) is 6. The number of methoxy groups -OCH3 is 1. The molecule has 1 spiro atoms. The Labute approximate surface area is 202 Å². The Hall–Kier alpha value is -3.17. The highest BCUT2D eigenvalue weighted by atomic mass is 35.5. The summed E-state index contributed by atoms with van der Waals surface area (Å²) in [6.45, 7) is 2.80. The van der Waals surface area contributed by atoms with Crippen LogP contribution in [0.3, 0.4) is 0 Å². The van der Waals surface area contributed by atoms with Crippen LogP contribution < -0.4 is 25.6 Å². The lowest BCUT2D eigenvalue weighted by molar-refractivity contribution is -0.131. The lowest BCUT2D eigenvalue weighted by Crippen LogP contribution is -2.50. The van der Waals surface area contributed by atoms with Gasteiger partial charge in [0.25, 0.3) is 0 Å². The number of carbonyl (C=O) groups is 1. The number of amides is 1. The van der Waals surface area contributed by atoms with Crippen molar-refractivity contribution in [3.8, 4) is 17.2 Å². The normalized spacial score (nSPS) is 16.2. The summed E-state index contributed by atoms with van der Waals surface area (Å²) in [5, 5.41) is 13.9. The minimum atomic E-state index is -0.557. The van der Waals surface area contributed by atoms with E-state index in [1.165, 1.54) is 0 Å². The van der Waals surface area contributed by atoms with Crippen molar-refractivity contribution in [1.29, 1.82) is 0 Å². The molecule has 2 aromatic rings. The second-order valence-corrected chi connectivity index (χ2v) is 8.78. The summed E-state index contributed by atoms with van der Waals surface area (Å²) in [6, 6.07) is 10.2. The molecule has 0 saturated carbocycles. The van der Waals surface area contributed by atoms with E-state index in [-0.39, 0.29) is 11.7 Å². The Bertz CT molecular complexity index is 1120. The zero-order valence-electron chi connectivity index (χ0n) is 18.3. The van der Waals surface area contributed by atoms with E-state index in [9.17, 15) is 9.90 Å². The molecule has 0 unspecified atom stereocenters.